The molecule has 0 bridgehead atoms. The molecule has 2 amide bonds. The number of nitrogens with zero attached hydrogens (tertiary/aromatic N) is 1. The van der Waals surface area contributed by atoms with Crippen LogP contribution in [0.2, 0.25) is 0 Å². The highest BCUT2D eigenvalue weighted by Gasteiger charge is 2.37. The van der Waals surface area contributed by atoms with Crippen LogP contribution in [0.1, 0.15) is 33.1 Å². The van der Waals surface area contributed by atoms with Gasteiger partial charge in [0.2, 0.25) is 0 Å². The van der Waals surface area contributed by atoms with Crippen LogP contribution in [0.5, 0.6) is 0 Å². The lowest BCUT2D eigenvalue weighted by Gasteiger charge is -2.40. The average Bonchev–Trinajstić information content (AvgIpc) is 2.19. The maximum absolute atomic E-state index is 11.7. The normalized spacial score (nSPS) is 18.1. The second-order valence-corrected chi connectivity index (χ2v) is 4.07. The smallest absolute Gasteiger partial charge is 0.317 e. The Kier molecular flexibility index (Phi) is 4.39. The van der Waals surface area contributed by atoms with Crippen LogP contribution in [0.15, 0.2) is 0 Å². The molecule has 0 radical (unpaired) electrons. The summed E-state index contributed by atoms with van der Waals surface area (Å²) in [7, 11) is 1.72. The Balaban J connectivity index is 2.32. The van der Waals surface area contributed by atoms with E-state index in [1.807, 2.05) is 13.8 Å². The monoisotopic (exact) mass is 214 g/mol. The first-order chi connectivity index (χ1) is 7.17. The number of methoxy groups -OCH3 is 1. The molecule has 1 rings (SSSR count). The zero-order valence-electron chi connectivity index (χ0n) is 10.0. The van der Waals surface area contributed by atoms with E-state index in [2.05, 4.69) is 5.32 Å². The third-order valence-electron chi connectivity index (χ3n) is 3.31. The van der Waals surface area contributed by atoms with E-state index < -0.39 is 0 Å². The summed E-state index contributed by atoms with van der Waals surface area (Å²) in [4.78, 5) is 13.4. The van der Waals surface area contributed by atoms with Crippen LogP contribution < -0.4 is 5.32 Å². The minimum atomic E-state index is -0.0805. The fourth-order valence-corrected chi connectivity index (χ4v) is 1.88. The SMILES string of the molecule is CCN(CC)C(=O)NCC1(OC)CCC1. The van der Waals surface area contributed by atoms with Crippen LogP contribution >= 0.6 is 0 Å². The van der Waals surface area contributed by atoms with Crippen molar-refractivity contribution in [1.29, 1.82) is 0 Å². The Morgan fingerprint density at radius 2 is 2.00 bits per heavy atom. The Morgan fingerprint density at radius 3 is 2.33 bits per heavy atom. The van der Waals surface area contributed by atoms with Crippen LogP contribution in [-0.4, -0.2) is 43.3 Å². The summed E-state index contributed by atoms with van der Waals surface area (Å²) < 4.78 is 5.44. The van der Waals surface area contributed by atoms with Crippen molar-refractivity contribution in [2.45, 2.75) is 38.7 Å². The number of hydrogen-bond donors (Lipinski definition) is 1. The molecule has 4 heteroatoms. The molecule has 1 aliphatic carbocycles. The summed E-state index contributed by atoms with van der Waals surface area (Å²) in [6.07, 6.45) is 3.32. The van der Waals surface area contributed by atoms with E-state index in [0.29, 0.717) is 6.54 Å². The molecule has 0 aromatic rings. The van der Waals surface area contributed by atoms with E-state index in [-0.39, 0.29) is 11.6 Å². The predicted octanol–water partition coefficient (Wildman–Crippen LogP) is 1.61. The van der Waals surface area contributed by atoms with E-state index in [9.17, 15) is 4.79 Å². The van der Waals surface area contributed by atoms with Crippen molar-refractivity contribution in [2.24, 2.45) is 0 Å². The maximum Gasteiger partial charge on any atom is 0.317 e. The highest BCUT2D eigenvalue weighted by molar-refractivity contribution is 5.74. The Bertz CT molecular complexity index is 205. The Hall–Kier alpha value is -0.770. The quantitative estimate of drug-likeness (QED) is 0.755. The molecule has 0 spiro atoms. The first kappa shape index (κ1) is 12.3. The lowest BCUT2D eigenvalue weighted by molar-refractivity contribution is -0.0678. The van der Waals surface area contributed by atoms with Gasteiger partial charge in [-0.1, -0.05) is 0 Å². The number of hydrogen-bond acceptors (Lipinski definition) is 2. The lowest BCUT2D eigenvalue weighted by atomic mass is 9.80. The molecule has 1 N–H and O–H groups in total. The molecule has 1 aliphatic rings. The van der Waals surface area contributed by atoms with Gasteiger partial charge >= 0.3 is 6.03 Å². The van der Waals surface area contributed by atoms with Crippen LogP contribution in [0.25, 0.3) is 0 Å². The van der Waals surface area contributed by atoms with Gasteiger partial charge in [-0.2, -0.15) is 0 Å². The minimum absolute atomic E-state index is 0.0170. The fourth-order valence-electron chi connectivity index (χ4n) is 1.88. The van der Waals surface area contributed by atoms with Crippen molar-refractivity contribution in [1.82, 2.24) is 10.2 Å². The Labute approximate surface area is 92.0 Å². The van der Waals surface area contributed by atoms with Gasteiger partial charge < -0.3 is 15.0 Å². The predicted molar refractivity (Wildman–Crippen MR) is 59.9 cm³/mol. The van der Waals surface area contributed by atoms with Gasteiger partial charge in [0, 0.05) is 26.7 Å². The summed E-state index contributed by atoms with van der Waals surface area (Å²) in [5, 5.41) is 2.94. The molecule has 88 valence electrons. The second-order valence-electron chi connectivity index (χ2n) is 4.07. The van der Waals surface area contributed by atoms with Gasteiger partial charge in [-0.05, 0) is 33.1 Å². The van der Waals surface area contributed by atoms with E-state index >= 15 is 0 Å². The van der Waals surface area contributed by atoms with Crippen molar-refractivity contribution >= 4 is 6.03 Å². The maximum atomic E-state index is 11.7. The summed E-state index contributed by atoms with van der Waals surface area (Å²) in [5.41, 5.74) is -0.0805. The summed E-state index contributed by atoms with van der Waals surface area (Å²) >= 11 is 0. The van der Waals surface area contributed by atoms with Gasteiger partial charge in [0.15, 0.2) is 0 Å². The summed E-state index contributed by atoms with van der Waals surface area (Å²) in [5.74, 6) is 0. The van der Waals surface area contributed by atoms with Crippen LogP contribution in [0, 0.1) is 0 Å². The number of rotatable bonds is 5. The summed E-state index contributed by atoms with van der Waals surface area (Å²) in [6, 6.07) is 0.0170. The molecule has 0 heterocycles. The number of amides is 2. The van der Waals surface area contributed by atoms with Gasteiger partial charge in [0.05, 0.1) is 5.60 Å². The number of urea groups is 1. The number of carbonyl (C=O) groups is 1. The zero-order valence-corrected chi connectivity index (χ0v) is 10.0. The number of ether oxygens (including phenoxy) is 1. The van der Waals surface area contributed by atoms with Gasteiger partial charge in [0.25, 0.3) is 0 Å². The second kappa shape index (κ2) is 5.35. The molecule has 4 nitrogen and oxygen atoms in total. The third-order valence-corrected chi connectivity index (χ3v) is 3.31. The van der Waals surface area contributed by atoms with E-state index in [4.69, 9.17) is 4.74 Å². The zero-order chi connectivity index (χ0) is 11.3. The standard InChI is InChI=1S/C11H22N2O2/c1-4-13(5-2)10(14)12-9-11(15-3)7-6-8-11/h4-9H2,1-3H3,(H,12,14). The molecule has 0 aromatic heterocycles. The van der Waals surface area contributed by atoms with E-state index in [0.717, 1.165) is 25.9 Å². The highest BCUT2D eigenvalue weighted by Crippen LogP contribution is 2.34. The van der Waals surface area contributed by atoms with Gasteiger partial charge in [-0.3, -0.25) is 0 Å². The molecule has 1 fully saturated rings. The first-order valence-corrected chi connectivity index (χ1v) is 5.75. The molecular formula is C11H22N2O2. The lowest BCUT2D eigenvalue weighted by Crippen LogP contribution is -2.52. The van der Waals surface area contributed by atoms with Gasteiger partial charge in [0.1, 0.15) is 0 Å². The van der Waals surface area contributed by atoms with Gasteiger partial charge in [-0.15, -0.1) is 0 Å². The minimum Gasteiger partial charge on any atom is -0.376 e. The third kappa shape index (κ3) is 2.84. The molecule has 0 saturated heterocycles. The van der Waals surface area contributed by atoms with E-state index in [1.165, 1.54) is 6.42 Å². The largest absolute Gasteiger partial charge is 0.376 e. The van der Waals surface area contributed by atoms with Crippen molar-refractivity contribution in [3.8, 4) is 0 Å². The van der Waals surface area contributed by atoms with Gasteiger partial charge in [-0.25, -0.2) is 4.79 Å². The van der Waals surface area contributed by atoms with Crippen LogP contribution in [0.4, 0.5) is 4.79 Å². The molecule has 0 atom stereocenters. The molecular weight excluding hydrogens is 192 g/mol. The van der Waals surface area contributed by atoms with Crippen molar-refractivity contribution in [3.63, 3.8) is 0 Å². The number of nitrogens with one attached hydrogen (secondary N) is 1. The van der Waals surface area contributed by atoms with Crippen LogP contribution in [0.3, 0.4) is 0 Å². The molecule has 1 saturated carbocycles. The van der Waals surface area contributed by atoms with Crippen molar-refractivity contribution in [2.75, 3.05) is 26.7 Å². The van der Waals surface area contributed by atoms with Crippen molar-refractivity contribution < 1.29 is 9.53 Å². The van der Waals surface area contributed by atoms with Crippen molar-refractivity contribution in [3.05, 3.63) is 0 Å². The van der Waals surface area contributed by atoms with Crippen LogP contribution in [-0.2, 0) is 4.74 Å². The molecule has 0 aromatic carbocycles. The Morgan fingerprint density at radius 1 is 1.40 bits per heavy atom. The molecule has 0 aliphatic heterocycles. The fraction of sp³-hybridized carbons (Fsp3) is 0.909. The highest BCUT2D eigenvalue weighted by atomic mass is 16.5. The van der Waals surface area contributed by atoms with E-state index in [1.54, 1.807) is 12.0 Å². The average molecular weight is 214 g/mol. The first-order valence-electron chi connectivity index (χ1n) is 5.75. The molecule has 0 unspecified atom stereocenters. The number of carbonyl (C=O) groups excluding carboxylic acids is 1. The topological polar surface area (TPSA) is 41.6 Å². The summed E-state index contributed by atoms with van der Waals surface area (Å²) in [6.45, 7) is 6.11. The molecule has 15 heavy (non-hydrogen) atoms.